The Morgan fingerprint density at radius 1 is 1.20 bits per heavy atom. The third-order valence-corrected chi connectivity index (χ3v) is 3.60. The molecule has 0 aromatic carbocycles. The Balaban J connectivity index is 4.48. The van der Waals surface area contributed by atoms with E-state index in [2.05, 4.69) is 46.6 Å². The minimum Gasteiger partial charge on any atom is -0.303 e. The first kappa shape index (κ1) is 14.6. The third kappa shape index (κ3) is 4.33. The van der Waals surface area contributed by atoms with Crippen molar-refractivity contribution in [3.8, 4) is 0 Å². The zero-order valence-electron chi connectivity index (χ0n) is 11.3. The molecule has 1 atom stereocenters. The van der Waals surface area contributed by atoms with Gasteiger partial charge in [-0.1, -0.05) is 27.2 Å². The van der Waals surface area contributed by atoms with Crippen LogP contribution >= 0.6 is 0 Å². The van der Waals surface area contributed by atoms with Gasteiger partial charge in [-0.3, -0.25) is 0 Å². The van der Waals surface area contributed by atoms with E-state index in [4.69, 9.17) is 0 Å². The molecule has 0 aliphatic rings. The van der Waals surface area contributed by atoms with Crippen LogP contribution in [-0.2, 0) is 4.79 Å². The predicted molar refractivity (Wildman–Crippen MR) is 66.1 cm³/mol. The van der Waals surface area contributed by atoms with Gasteiger partial charge in [0.2, 0.25) is 0 Å². The first-order valence-corrected chi connectivity index (χ1v) is 5.99. The number of carbonyl (C=O) groups excluding carboxylic acids is 1. The molecular formula is C13H27NO. The largest absolute Gasteiger partial charge is 0.303 e. The summed E-state index contributed by atoms with van der Waals surface area (Å²) in [5, 5.41) is 0. The summed E-state index contributed by atoms with van der Waals surface area (Å²) in [6.45, 7) is 11.7. The van der Waals surface area contributed by atoms with Gasteiger partial charge in [0, 0.05) is 17.5 Å². The van der Waals surface area contributed by atoms with Crippen LogP contribution in [-0.4, -0.2) is 30.3 Å². The summed E-state index contributed by atoms with van der Waals surface area (Å²) in [5.74, 6) is 0. The lowest BCUT2D eigenvalue weighted by atomic mass is 9.85. The molecule has 0 aromatic rings. The van der Waals surface area contributed by atoms with Crippen LogP contribution < -0.4 is 0 Å². The highest BCUT2D eigenvalue weighted by molar-refractivity contribution is 5.59. The number of hydrogen-bond donors (Lipinski definition) is 0. The Morgan fingerprint density at radius 2 is 1.73 bits per heavy atom. The fraction of sp³-hybridized carbons (Fsp3) is 0.923. The minimum absolute atomic E-state index is 0.179. The minimum atomic E-state index is -0.185. The summed E-state index contributed by atoms with van der Waals surface area (Å²) in [6, 6.07) is 0. The van der Waals surface area contributed by atoms with Crippen LogP contribution in [0.25, 0.3) is 0 Å². The van der Waals surface area contributed by atoms with E-state index >= 15 is 0 Å². The topological polar surface area (TPSA) is 20.3 Å². The van der Waals surface area contributed by atoms with Gasteiger partial charge >= 0.3 is 0 Å². The first-order valence-electron chi connectivity index (χ1n) is 5.99. The average molecular weight is 213 g/mol. The summed E-state index contributed by atoms with van der Waals surface area (Å²) in [5.41, 5.74) is -0.00600. The molecule has 0 aliphatic heterocycles. The number of rotatable bonds is 7. The third-order valence-electron chi connectivity index (χ3n) is 3.60. The van der Waals surface area contributed by atoms with Gasteiger partial charge in [0.1, 0.15) is 6.29 Å². The second-order valence-corrected chi connectivity index (χ2v) is 5.54. The van der Waals surface area contributed by atoms with E-state index in [1.54, 1.807) is 0 Å². The molecule has 0 amide bonds. The highest BCUT2D eigenvalue weighted by Crippen LogP contribution is 2.26. The van der Waals surface area contributed by atoms with Gasteiger partial charge in [0.15, 0.2) is 0 Å². The summed E-state index contributed by atoms with van der Waals surface area (Å²) in [4.78, 5) is 13.4. The number of carbonyl (C=O) groups is 1. The average Bonchev–Trinajstić information content (AvgIpc) is 2.18. The van der Waals surface area contributed by atoms with Crippen molar-refractivity contribution in [3.63, 3.8) is 0 Å². The van der Waals surface area contributed by atoms with Gasteiger partial charge in [-0.05, 0) is 33.7 Å². The van der Waals surface area contributed by atoms with Crippen molar-refractivity contribution in [2.24, 2.45) is 5.41 Å². The van der Waals surface area contributed by atoms with Gasteiger partial charge < -0.3 is 9.69 Å². The molecule has 0 aliphatic carbocycles. The molecule has 1 unspecified atom stereocenters. The lowest BCUT2D eigenvalue weighted by Crippen LogP contribution is -2.46. The van der Waals surface area contributed by atoms with Crippen LogP contribution in [0.15, 0.2) is 0 Å². The molecule has 0 aromatic heterocycles. The molecule has 0 fully saturated rings. The van der Waals surface area contributed by atoms with E-state index in [1.807, 2.05) is 0 Å². The van der Waals surface area contributed by atoms with Crippen LogP contribution in [0.2, 0.25) is 0 Å². The Bertz CT molecular complexity index is 201. The van der Waals surface area contributed by atoms with Crippen LogP contribution in [0.4, 0.5) is 0 Å². The number of nitrogens with zero attached hydrogens (tertiary/aromatic N) is 1. The van der Waals surface area contributed by atoms with E-state index in [0.717, 1.165) is 32.1 Å². The predicted octanol–water partition coefficient (Wildman–Crippen LogP) is 3.11. The Labute approximate surface area is 95.0 Å². The van der Waals surface area contributed by atoms with E-state index in [-0.39, 0.29) is 11.0 Å². The molecule has 0 bridgehead atoms. The summed E-state index contributed by atoms with van der Waals surface area (Å²) in [6.07, 6.45) is 4.26. The van der Waals surface area contributed by atoms with Gasteiger partial charge in [-0.2, -0.15) is 0 Å². The van der Waals surface area contributed by atoms with Crippen molar-refractivity contribution in [1.29, 1.82) is 0 Å². The smallest absolute Gasteiger partial charge is 0.127 e. The van der Waals surface area contributed by atoms with E-state index in [1.165, 1.54) is 0 Å². The second-order valence-electron chi connectivity index (χ2n) is 5.54. The maximum absolute atomic E-state index is 11.1. The molecule has 0 heterocycles. The molecule has 0 rings (SSSR count). The van der Waals surface area contributed by atoms with Crippen molar-refractivity contribution in [3.05, 3.63) is 0 Å². The molecule has 2 nitrogen and oxygen atoms in total. The van der Waals surface area contributed by atoms with Crippen molar-refractivity contribution >= 4 is 6.29 Å². The Hall–Kier alpha value is -0.370. The van der Waals surface area contributed by atoms with Gasteiger partial charge in [-0.25, -0.2) is 0 Å². The highest BCUT2D eigenvalue weighted by atomic mass is 16.1. The number of aldehydes is 1. The standard InChI is InChI=1S/C13H27NO/c1-7-9-13(5,11-15)10-14(6)12(3,4)8-2/h11H,7-10H2,1-6H3. The first-order chi connectivity index (χ1) is 6.81. The van der Waals surface area contributed by atoms with Crippen molar-refractivity contribution < 1.29 is 4.79 Å². The summed E-state index contributed by atoms with van der Waals surface area (Å²) >= 11 is 0. The summed E-state index contributed by atoms with van der Waals surface area (Å²) in [7, 11) is 2.11. The van der Waals surface area contributed by atoms with E-state index in [0.29, 0.717) is 0 Å². The van der Waals surface area contributed by atoms with E-state index < -0.39 is 0 Å². The van der Waals surface area contributed by atoms with Crippen molar-refractivity contribution in [2.45, 2.75) is 59.4 Å². The molecule has 0 saturated carbocycles. The maximum Gasteiger partial charge on any atom is 0.127 e. The van der Waals surface area contributed by atoms with Crippen LogP contribution in [0.3, 0.4) is 0 Å². The van der Waals surface area contributed by atoms with Gasteiger partial charge in [0.05, 0.1) is 0 Å². The molecule has 2 heteroatoms. The fourth-order valence-electron chi connectivity index (χ4n) is 1.77. The quantitative estimate of drug-likeness (QED) is 0.606. The van der Waals surface area contributed by atoms with Gasteiger partial charge in [0.25, 0.3) is 0 Å². The lowest BCUT2D eigenvalue weighted by molar-refractivity contribution is -0.117. The molecule has 90 valence electrons. The second kappa shape index (κ2) is 5.64. The maximum atomic E-state index is 11.1. The molecule has 0 saturated heterocycles. The van der Waals surface area contributed by atoms with Gasteiger partial charge in [-0.15, -0.1) is 0 Å². The van der Waals surface area contributed by atoms with Crippen LogP contribution in [0, 0.1) is 5.41 Å². The molecule has 0 N–H and O–H groups in total. The number of hydrogen-bond acceptors (Lipinski definition) is 2. The van der Waals surface area contributed by atoms with Crippen molar-refractivity contribution in [1.82, 2.24) is 4.90 Å². The summed E-state index contributed by atoms with van der Waals surface area (Å²) < 4.78 is 0. The Kier molecular flexibility index (Phi) is 5.50. The van der Waals surface area contributed by atoms with E-state index in [9.17, 15) is 4.79 Å². The fourth-order valence-corrected chi connectivity index (χ4v) is 1.77. The molecule has 0 spiro atoms. The van der Waals surface area contributed by atoms with Crippen molar-refractivity contribution in [2.75, 3.05) is 13.6 Å². The van der Waals surface area contributed by atoms with Crippen LogP contribution in [0.1, 0.15) is 53.9 Å². The Morgan fingerprint density at radius 3 is 2.07 bits per heavy atom. The molecule has 0 radical (unpaired) electrons. The monoisotopic (exact) mass is 213 g/mol. The molecular weight excluding hydrogens is 186 g/mol. The molecule has 15 heavy (non-hydrogen) atoms. The normalized spacial score (nSPS) is 16.5. The van der Waals surface area contributed by atoms with Crippen LogP contribution in [0.5, 0.6) is 0 Å². The lowest BCUT2D eigenvalue weighted by Gasteiger charge is -2.39. The SMILES string of the molecule is CCCC(C)(C=O)CN(C)C(C)(C)CC. The highest BCUT2D eigenvalue weighted by Gasteiger charge is 2.30. The zero-order chi connectivity index (χ0) is 12.1. The zero-order valence-corrected chi connectivity index (χ0v) is 11.3.